The van der Waals surface area contributed by atoms with E-state index in [1.54, 1.807) is 18.2 Å². The van der Waals surface area contributed by atoms with Crippen molar-refractivity contribution in [3.05, 3.63) is 65.2 Å². The lowest BCUT2D eigenvalue weighted by Gasteiger charge is -2.11. The molecule has 7 heteroatoms. The van der Waals surface area contributed by atoms with Crippen LogP contribution in [0.3, 0.4) is 0 Å². The molecule has 0 bridgehead atoms. The van der Waals surface area contributed by atoms with Crippen LogP contribution in [0.5, 0.6) is 0 Å². The maximum Gasteiger partial charge on any atom is 0.420 e. The Balaban J connectivity index is 2.04. The zero-order valence-electron chi connectivity index (χ0n) is 13.4. The predicted molar refractivity (Wildman–Crippen MR) is 96.3 cm³/mol. The van der Waals surface area contributed by atoms with Crippen molar-refractivity contribution in [2.75, 3.05) is 11.1 Å². The van der Waals surface area contributed by atoms with Gasteiger partial charge in [-0.25, -0.2) is 4.79 Å². The largest absolute Gasteiger partial charge is 0.420 e. The number of amides is 1. The van der Waals surface area contributed by atoms with Crippen LogP contribution in [0, 0.1) is 12.3 Å². The quantitative estimate of drug-likeness (QED) is 0.584. The van der Waals surface area contributed by atoms with E-state index in [1.807, 2.05) is 30.3 Å². The van der Waals surface area contributed by atoms with Gasteiger partial charge in [0.05, 0.1) is 11.4 Å². The highest BCUT2D eigenvalue weighted by molar-refractivity contribution is 7.87. The summed E-state index contributed by atoms with van der Waals surface area (Å²) in [5, 5.41) is 3.26. The Kier molecular flexibility index (Phi) is 6.03. The van der Waals surface area contributed by atoms with Crippen molar-refractivity contribution in [1.29, 1.82) is 0 Å². The standard InChI is InChI=1S/C18H18N2O4S/c1-2-16-12-14(10-11-25(22,23)24-18(19)21)8-9-17(16)20-13-15-6-4-3-5-7-15/h1,3-9,12,20H,10-11,13H2,(H2,19,21). The number of aryl methyl sites for hydroxylation is 1. The molecule has 0 radical (unpaired) electrons. The molecule has 0 saturated carbocycles. The van der Waals surface area contributed by atoms with Gasteiger partial charge in [-0.05, 0) is 29.7 Å². The normalized spacial score (nSPS) is 10.7. The predicted octanol–water partition coefficient (Wildman–Crippen LogP) is 2.25. The van der Waals surface area contributed by atoms with Crippen LogP contribution in [-0.2, 0) is 27.3 Å². The number of anilines is 1. The molecule has 2 aromatic carbocycles. The van der Waals surface area contributed by atoms with Crippen LogP contribution >= 0.6 is 0 Å². The number of benzene rings is 2. The van der Waals surface area contributed by atoms with E-state index >= 15 is 0 Å². The van der Waals surface area contributed by atoms with E-state index in [0.717, 1.165) is 16.8 Å². The molecule has 2 rings (SSSR count). The van der Waals surface area contributed by atoms with E-state index < -0.39 is 16.2 Å². The summed E-state index contributed by atoms with van der Waals surface area (Å²) in [6.45, 7) is 0.621. The minimum atomic E-state index is -4.00. The van der Waals surface area contributed by atoms with Gasteiger partial charge in [-0.3, -0.25) is 0 Å². The van der Waals surface area contributed by atoms with Crippen LogP contribution in [0.25, 0.3) is 0 Å². The van der Waals surface area contributed by atoms with Crippen LogP contribution in [-0.4, -0.2) is 20.3 Å². The smallest absolute Gasteiger partial charge is 0.380 e. The summed E-state index contributed by atoms with van der Waals surface area (Å²) in [6, 6.07) is 15.2. The number of terminal acetylenes is 1. The van der Waals surface area contributed by atoms with E-state index in [0.29, 0.717) is 12.1 Å². The molecule has 3 N–H and O–H groups in total. The van der Waals surface area contributed by atoms with Crippen molar-refractivity contribution >= 4 is 21.9 Å². The highest BCUT2D eigenvalue weighted by Gasteiger charge is 2.15. The van der Waals surface area contributed by atoms with Gasteiger partial charge in [0.2, 0.25) is 0 Å². The molecule has 0 spiro atoms. The molecule has 0 fully saturated rings. The summed E-state index contributed by atoms with van der Waals surface area (Å²) in [6.07, 6.45) is 4.36. The fraction of sp³-hybridized carbons (Fsp3) is 0.167. The highest BCUT2D eigenvalue weighted by atomic mass is 32.2. The Morgan fingerprint density at radius 2 is 1.88 bits per heavy atom. The molecule has 2 aromatic rings. The van der Waals surface area contributed by atoms with Gasteiger partial charge in [0.1, 0.15) is 0 Å². The first-order chi connectivity index (χ1) is 11.9. The van der Waals surface area contributed by atoms with Crippen LogP contribution in [0.1, 0.15) is 16.7 Å². The molecular weight excluding hydrogens is 340 g/mol. The van der Waals surface area contributed by atoms with Gasteiger partial charge < -0.3 is 15.2 Å². The van der Waals surface area contributed by atoms with Crippen molar-refractivity contribution in [3.63, 3.8) is 0 Å². The van der Waals surface area contributed by atoms with Gasteiger partial charge in [-0.2, -0.15) is 8.42 Å². The molecule has 0 saturated heterocycles. The molecule has 0 aromatic heterocycles. The fourth-order valence-electron chi connectivity index (χ4n) is 2.22. The van der Waals surface area contributed by atoms with Crippen molar-refractivity contribution in [2.24, 2.45) is 5.73 Å². The Morgan fingerprint density at radius 3 is 2.52 bits per heavy atom. The summed E-state index contributed by atoms with van der Waals surface area (Å²) in [4.78, 5) is 10.5. The van der Waals surface area contributed by atoms with Crippen molar-refractivity contribution in [1.82, 2.24) is 0 Å². The molecule has 0 aliphatic carbocycles. The third-order valence-electron chi connectivity index (χ3n) is 3.42. The molecule has 0 aliphatic rings. The molecular formula is C18H18N2O4S. The maximum absolute atomic E-state index is 11.5. The monoisotopic (exact) mass is 358 g/mol. The Bertz CT molecular complexity index is 887. The lowest BCUT2D eigenvalue weighted by molar-refractivity contribution is 0.213. The first kappa shape index (κ1) is 18.4. The molecule has 130 valence electrons. The second-order valence-electron chi connectivity index (χ2n) is 5.28. The van der Waals surface area contributed by atoms with E-state index in [2.05, 4.69) is 15.4 Å². The van der Waals surface area contributed by atoms with Gasteiger partial charge in [-0.1, -0.05) is 42.3 Å². The van der Waals surface area contributed by atoms with E-state index in [4.69, 9.17) is 12.2 Å². The molecule has 0 heterocycles. The summed E-state index contributed by atoms with van der Waals surface area (Å²) in [5.41, 5.74) is 7.96. The number of nitrogens with one attached hydrogen (secondary N) is 1. The minimum Gasteiger partial charge on any atom is -0.380 e. The minimum absolute atomic E-state index is 0.156. The highest BCUT2D eigenvalue weighted by Crippen LogP contribution is 2.18. The number of primary amides is 1. The average Bonchev–Trinajstić information content (AvgIpc) is 2.58. The second kappa shape index (κ2) is 8.22. The fourth-order valence-corrected chi connectivity index (χ4v) is 3.04. The van der Waals surface area contributed by atoms with Crippen LogP contribution in [0.2, 0.25) is 0 Å². The van der Waals surface area contributed by atoms with Crippen LogP contribution in [0.4, 0.5) is 10.5 Å². The number of carbonyl (C=O) groups excluding carboxylic acids is 1. The number of hydrogen-bond donors (Lipinski definition) is 2. The SMILES string of the molecule is C#Cc1cc(CCS(=O)(=O)OC(N)=O)ccc1NCc1ccccc1. The third kappa shape index (κ3) is 5.86. The lowest BCUT2D eigenvalue weighted by Crippen LogP contribution is -2.21. The van der Waals surface area contributed by atoms with E-state index in [9.17, 15) is 13.2 Å². The molecule has 0 atom stereocenters. The van der Waals surface area contributed by atoms with Crippen LogP contribution < -0.4 is 11.1 Å². The Hall–Kier alpha value is -2.98. The Morgan fingerprint density at radius 1 is 1.16 bits per heavy atom. The summed E-state index contributed by atoms with van der Waals surface area (Å²) >= 11 is 0. The van der Waals surface area contributed by atoms with Crippen LogP contribution in [0.15, 0.2) is 48.5 Å². The lowest BCUT2D eigenvalue weighted by atomic mass is 10.1. The van der Waals surface area contributed by atoms with Gasteiger partial charge >= 0.3 is 16.2 Å². The number of hydrogen-bond acceptors (Lipinski definition) is 5. The van der Waals surface area contributed by atoms with Gasteiger partial charge in [0, 0.05) is 12.1 Å². The molecule has 0 aliphatic heterocycles. The van der Waals surface area contributed by atoms with E-state index in [1.165, 1.54) is 0 Å². The molecule has 25 heavy (non-hydrogen) atoms. The summed E-state index contributed by atoms with van der Waals surface area (Å²) < 4.78 is 27.1. The molecule has 0 unspecified atom stereocenters. The molecule has 1 amide bonds. The first-order valence-electron chi connectivity index (χ1n) is 7.48. The first-order valence-corrected chi connectivity index (χ1v) is 9.06. The number of nitrogens with two attached hydrogens (primary N) is 1. The summed E-state index contributed by atoms with van der Waals surface area (Å²) in [7, 11) is -4.00. The Labute approximate surface area is 147 Å². The van der Waals surface area contributed by atoms with Gasteiger partial charge in [0.25, 0.3) is 0 Å². The van der Waals surface area contributed by atoms with Gasteiger partial charge in [0.15, 0.2) is 0 Å². The van der Waals surface area contributed by atoms with Crippen molar-refractivity contribution in [2.45, 2.75) is 13.0 Å². The average molecular weight is 358 g/mol. The molecule has 6 nitrogen and oxygen atoms in total. The summed E-state index contributed by atoms with van der Waals surface area (Å²) in [5.74, 6) is 2.22. The maximum atomic E-state index is 11.5. The van der Waals surface area contributed by atoms with Crippen molar-refractivity contribution < 1.29 is 17.4 Å². The third-order valence-corrected chi connectivity index (χ3v) is 4.54. The number of rotatable bonds is 7. The zero-order chi connectivity index (χ0) is 18.3. The zero-order valence-corrected chi connectivity index (χ0v) is 14.3. The van der Waals surface area contributed by atoms with Crippen molar-refractivity contribution in [3.8, 4) is 12.3 Å². The number of carbonyl (C=O) groups is 1. The second-order valence-corrected chi connectivity index (χ2v) is 6.97. The topological polar surface area (TPSA) is 98.5 Å². The van der Waals surface area contributed by atoms with Gasteiger partial charge in [-0.15, -0.1) is 6.42 Å². The van der Waals surface area contributed by atoms with E-state index in [-0.39, 0.29) is 12.2 Å².